The number of carboxylic acid groups (broad SMARTS) is 1. The Morgan fingerprint density at radius 1 is 1.39 bits per heavy atom. The number of piperidine rings is 1. The van der Waals surface area contributed by atoms with Gasteiger partial charge in [-0.25, -0.2) is 4.98 Å². The number of carboxylic acids is 1. The van der Waals surface area contributed by atoms with Gasteiger partial charge in [0, 0.05) is 38.0 Å². The van der Waals surface area contributed by atoms with E-state index in [9.17, 15) is 14.7 Å². The fourth-order valence-electron chi connectivity index (χ4n) is 4.01. The number of aryl methyl sites for hydroxylation is 2. The molecule has 126 valence electrons. The van der Waals surface area contributed by atoms with Gasteiger partial charge in [0.15, 0.2) is 0 Å². The molecule has 0 aliphatic carbocycles. The van der Waals surface area contributed by atoms with Crippen molar-refractivity contribution in [3.63, 3.8) is 0 Å². The highest BCUT2D eigenvalue weighted by atomic mass is 32.1. The number of carbonyl (C=O) groups excluding carboxylic acids is 1. The molecule has 1 aromatic rings. The molecule has 6 nitrogen and oxygen atoms in total. The Hall–Kier alpha value is -1.47. The number of rotatable bonds is 3. The minimum Gasteiger partial charge on any atom is -0.481 e. The first-order valence-corrected chi connectivity index (χ1v) is 8.80. The summed E-state index contributed by atoms with van der Waals surface area (Å²) < 4.78 is 0. The van der Waals surface area contributed by atoms with Crippen LogP contribution in [0.4, 0.5) is 0 Å². The van der Waals surface area contributed by atoms with Gasteiger partial charge in [-0.1, -0.05) is 0 Å². The molecule has 0 aromatic carbocycles. The van der Waals surface area contributed by atoms with Crippen molar-refractivity contribution in [1.82, 2.24) is 14.8 Å². The number of amides is 1. The zero-order chi connectivity index (χ0) is 16.8. The van der Waals surface area contributed by atoms with Gasteiger partial charge in [0.1, 0.15) is 0 Å². The van der Waals surface area contributed by atoms with Crippen LogP contribution in [0, 0.1) is 19.8 Å². The molecule has 7 heteroatoms. The van der Waals surface area contributed by atoms with Crippen LogP contribution in [0.25, 0.3) is 0 Å². The van der Waals surface area contributed by atoms with E-state index < -0.39 is 17.4 Å². The van der Waals surface area contributed by atoms with E-state index >= 15 is 0 Å². The van der Waals surface area contributed by atoms with E-state index in [1.807, 2.05) is 13.8 Å². The molecule has 1 atom stereocenters. The normalized spacial score (nSPS) is 24.6. The van der Waals surface area contributed by atoms with Gasteiger partial charge in [0.05, 0.1) is 22.2 Å². The van der Waals surface area contributed by atoms with Crippen LogP contribution in [0.15, 0.2) is 0 Å². The lowest BCUT2D eigenvalue weighted by atomic mass is 9.77. The van der Waals surface area contributed by atoms with Crippen LogP contribution in [-0.2, 0) is 16.1 Å². The van der Waals surface area contributed by atoms with Crippen molar-refractivity contribution < 1.29 is 14.7 Å². The molecule has 2 fully saturated rings. The number of carbonyl (C=O) groups is 2. The summed E-state index contributed by atoms with van der Waals surface area (Å²) in [5.74, 6) is -1.46. The number of thiazole rings is 1. The number of likely N-dealkylation sites (tertiary alicyclic amines) is 2. The van der Waals surface area contributed by atoms with Gasteiger partial charge in [-0.15, -0.1) is 11.3 Å². The minimum atomic E-state index is -0.843. The third-order valence-electron chi connectivity index (χ3n) is 5.46. The first kappa shape index (κ1) is 16.4. The summed E-state index contributed by atoms with van der Waals surface area (Å²) in [6.45, 7) is 6.55. The van der Waals surface area contributed by atoms with Crippen LogP contribution in [0.2, 0.25) is 0 Å². The van der Waals surface area contributed by atoms with Crippen LogP contribution in [0.5, 0.6) is 0 Å². The predicted molar refractivity (Wildman–Crippen MR) is 87.3 cm³/mol. The maximum absolute atomic E-state index is 12.0. The van der Waals surface area contributed by atoms with E-state index in [1.165, 1.54) is 4.88 Å². The molecule has 23 heavy (non-hydrogen) atoms. The molecule has 0 bridgehead atoms. The van der Waals surface area contributed by atoms with Crippen LogP contribution in [0.1, 0.15) is 34.8 Å². The molecule has 1 N–H and O–H groups in total. The Morgan fingerprint density at radius 2 is 2.04 bits per heavy atom. The van der Waals surface area contributed by atoms with Gasteiger partial charge >= 0.3 is 5.97 Å². The Kier molecular flexibility index (Phi) is 4.18. The summed E-state index contributed by atoms with van der Waals surface area (Å²) >= 11 is 1.73. The van der Waals surface area contributed by atoms with Gasteiger partial charge in [0.25, 0.3) is 0 Å². The van der Waals surface area contributed by atoms with Crippen molar-refractivity contribution >= 4 is 23.2 Å². The largest absolute Gasteiger partial charge is 0.481 e. The highest BCUT2D eigenvalue weighted by Gasteiger charge is 2.55. The first-order chi connectivity index (χ1) is 10.8. The predicted octanol–water partition coefficient (Wildman–Crippen LogP) is 1.66. The number of nitrogens with zero attached hydrogens (tertiary/aromatic N) is 3. The smallest absolute Gasteiger partial charge is 0.309 e. The van der Waals surface area contributed by atoms with E-state index in [-0.39, 0.29) is 12.3 Å². The SMILES string of the molecule is Cc1nc(C)c(CN2CCC3(CC2)C(C(=O)O)CC(=O)N3C)s1. The molecule has 1 spiro atoms. The molecular formula is C16H23N3O3S. The van der Waals surface area contributed by atoms with Crippen molar-refractivity contribution in [2.75, 3.05) is 20.1 Å². The quantitative estimate of drug-likeness (QED) is 0.908. The molecule has 3 heterocycles. The maximum atomic E-state index is 12.0. The van der Waals surface area contributed by atoms with Crippen molar-refractivity contribution in [1.29, 1.82) is 0 Å². The second-order valence-corrected chi connectivity index (χ2v) is 7.96. The van der Waals surface area contributed by atoms with E-state index in [0.29, 0.717) is 0 Å². The van der Waals surface area contributed by atoms with Gasteiger partial charge in [-0.2, -0.15) is 0 Å². The van der Waals surface area contributed by atoms with Crippen molar-refractivity contribution in [2.24, 2.45) is 5.92 Å². The van der Waals surface area contributed by atoms with Crippen LogP contribution < -0.4 is 0 Å². The van der Waals surface area contributed by atoms with Crippen molar-refractivity contribution in [3.8, 4) is 0 Å². The van der Waals surface area contributed by atoms with Crippen molar-refractivity contribution in [3.05, 3.63) is 15.6 Å². The highest BCUT2D eigenvalue weighted by Crippen LogP contribution is 2.43. The lowest BCUT2D eigenvalue weighted by Crippen LogP contribution is -2.55. The van der Waals surface area contributed by atoms with Gasteiger partial charge in [0.2, 0.25) is 5.91 Å². The van der Waals surface area contributed by atoms with Crippen LogP contribution in [-0.4, -0.2) is 57.4 Å². The van der Waals surface area contributed by atoms with E-state index in [0.717, 1.165) is 43.2 Å². The first-order valence-electron chi connectivity index (χ1n) is 7.98. The van der Waals surface area contributed by atoms with Crippen LogP contribution >= 0.6 is 11.3 Å². The Morgan fingerprint density at radius 3 is 2.57 bits per heavy atom. The summed E-state index contributed by atoms with van der Waals surface area (Å²) in [4.78, 5) is 33.4. The number of hydrogen-bond acceptors (Lipinski definition) is 5. The Labute approximate surface area is 140 Å². The number of aliphatic carboxylic acids is 1. The second-order valence-electron chi connectivity index (χ2n) is 6.67. The van der Waals surface area contributed by atoms with Crippen molar-refractivity contribution in [2.45, 2.75) is 45.2 Å². The zero-order valence-electron chi connectivity index (χ0n) is 13.8. The number of hydrogen-bond donors (Lipinski definition) is 1. The average Bonchev–Trinajstić information content (AvgIpc) is 2.93. The molecule has 2 saturated heterocycles. The molecule has 0 radical (unpaired) electrons. The molecule has 1 amide bonds. The third kappa shape index (κ3) is 2.76. The Bertz CT molecular complexity index is 635. The lowest BCUT2D eigenvalue weighted by Gasteiger charge is -2.45. The minimum absolute atomic E-state index is 0.0419. The highest BCUT2D eigenvalue weighted by molar-refractivity contribution is 7.11. The van der Waals surface area contributed by atoms with E-state index in [4.69, 9.17) is 0 Å². The summed E-state index contributed by atoms with van der Waals surface area (Å²) in [6, 6.07) is 0. The van der Waals surface area contributed by atoms with Gasteiger partial charge in [-0.05, 0) is 26.7 Å². The summed E-state index contributed by atoms with van der Waals surface area (Å²) in [6.07, 6.45) is 1.59. The standard InChI is InChI=1S/C16H23N3O3S/c1-10-13(23-11(2)17-10)9-19-6-4-16(5-7-19)12(15(21)22)8-14(20)18(16)3/h12H,4-9H2,1-3H3,(H,21,22). The molecule has 2 aliphatic rings. The monoisotopic (exact) mass is 337 g/mol. The summed E-state index contributed by atoms with van der Waals surface area (Å²) in [7, 11) is 1.76. The maximum Gasteiger partial charge on any atom is 0.309 e. The molecule has 1 unspecified atom stereocenters. The lowest BCUT2D eigenvalue weighted by molar-refractivity contribution is -0.146. The summed E-state index contributed by atoms with van der Waals surface area (Å²) in [5.41, 5.74) is 0.585. The topological polar surface area (TPSA) is 73.7 Å². The fraction of sp³-hybridized carbons (Fsp3) is 0.688. The van der Waals surface area contributed by atoms with Gasteiger partial charge < -0.3 is 10.0 Å². The Balaban J connectivity index is 1.71. The molecular weight excluding hydrogens is 314 g/mol. The van der Waals surface area contributed by atoms with E-state index in [2.05, 4.69) is 9.88 Å². The zero-order valence-corrected chi connectivity index (χ0v) is 14.7. The molecule has 0 saturated carbocycles. The van der Waals surface area contributed by atoms with E-state index in [1.54, 1.807) is 23.3 Å². The molecule has 1 aromatic heterocycles. The molecule has 2 aliphatic heterocycles. The molecule has 3 rings (SSSR count). The van der Waals surface area contributed by atoms with Gasteiger partial charge in [-0.3, -0.25) is 14.5 Å². The fourth-order valence-corrected chi connectivity index (χ4v) is 4.99. The third-order valence-corrected chi connectivity index (χ3v) is 6.51. The average molecular weight is 337 g/mol. The second kappa shape index (κ2) is 5.87. The number of aromatic nitrogens is 1. The van der Waals surface area contributed by atoms with Crippen LogP contribution in [0.3, 0.4) is 0 Å². The summed E-state index contributed by atoms with van der Waals surface area (Å²) in [5, 5.41) is 10.6.